The third-order valence-electron chi connectivity index (χ3n) is 4.05. The molecule has 0 aliphatic rings. The molecular weight excluding hydrogens is 256 g/mol. The van der Waals surface area contributed by atoms with E-state index >= 15 is 0 Å². The zero-order valence-electron chi connectivity index (χ0n) is 13.6. The summed E-state index contributed by atoms with van der Waals surface area (Å²) in [5.41, 5.74) is 5.43. The van der Waals surface area contributed by atoms with Gasteiger partial charge in [0.15, 0.2) is 0 Å². The average molecular weight is 282 g/mol. The van der Waals surface area contributed by atoms with Crippen LogP contribution in [-0.2, 0) is 6.54 Å². The summed E-state index contributed by atoms with van der Waals surface area (Å²) in [6.07, 6.45) is 0. The zero-order valence-corrected chi connectivity index (χ0v) is 13.6. The zero-order chi connectivity index (χ0) is 15.2. The number of nitrogens with zero attached hydrogens (tertiary/aromatic N) is 1. The van der Waals surface area contributed by atoms with Crippen LogP contribution in [0.4, 0.5) is 0 Å². The topological polar surface area (TPSA) is 15.3 Å². The van der Waals surface area contributed by atoms with E-state index in [-0.39, 0.29) is 0 Å². The first kappa shape index (κ1) is 15.7. The fraction of sp³-hybridized carbons (Fsp3) is 0.368. The molecule has 2 heteroatoms. The predicted octanol–water partition coefficient (Wildman–Crippen LogP) is 3.70. The predicted molar refractivity (Wildman–Crippen MR) is 90.5 cm³/mol. The summed E-state index contributed by atoms with van der Waals surface area (Å²) in [6, 6.07) is 17.8. The maximum atomic E-state index is 3.59. The SMILES string of the molecule is Cc1ccc(CNCC(c2ccccc2)N(C)C)cc1C. The molecule has 112 valence electrons. The fourth-order valence-electron chi connectivity index (χ4n) is 2.54. The molecule has 2 aromatic rings. The summed E-state index contributed by atoms with van der Waals surface area (Å²) < 4.78 is 0. The molecule has 0 aliphatic heterocycles. The van der Waals surface area contributed by atoms with E-state index < -0.39 is 0 Å². The van der Waals surface area contributed by atoms with Crippen LogP contribution >= 0.6 is 0 Å². The molecule has 0 amide bonds. The highest BCUT2D eigenvalue weighted by molar-refractivity contribution is 5.29. The lowest BCUT2D eigenvalue weighted by molar-refractivity contribution is 0.288. The lowest BCUT2D eigenvalue weighted by Crippen LogP contribution is -2.30. The number of aryl methyl sites for hydroxylation is 2. The van der Waals surface area contributed by atoms with Crippen LogP contribution in [0.25, 0.3) is 0 Å². The Balaban J connectivity index is 1.95. The number of rotatable bonds is 6. The molecule has 0 saturated carbocycles. The van der Waals surface area contributed by atoms with Gasteiger partial charge in [0.05, 0.1) is 0 Å². The van der Waals surface area contributed by atoms with Crippen molar-refractivity contribution in [2.75, 3.05) is 20.6 Å². The minimum atomic E-state index is 0.401. The molecule has 2 aromatic carbocycles. The highest BCUT2D eigenvalue weighted by Crippen LogP contribution is 2.17. The van der Waals surface area contributed by atoms with E-state index in [0.717, 1.165) is 13.1 Å². The molecule has 21 heavy (non-hydrogen) atoms. The summed E-state index contributed by atoms with van der Waals surface area (Å²) in [4.78, 5) is 2.27. The molecule has 0 heterocycles. The van der Waals surface area contributed by atoms with Gasteiger partial charge in [0, 0.05) is 19.1 Å². The molecule has 1 atom stereocenters. The van der Waals surface area contributed by atoms with Crippen molar-refractivity contribution in [2.24, 2.45) is 0 Å². The molecule has 0 radical (unpaired) electrons. The quantitative estimate of drug-likeness (QED) is 0.869. The van der Waals surface area contributed by atoms with Crippen LogP contribution in [0.5, 0.6) is 0 Å². The van der Waals surface area contributed by atoms with Crippen molar-refractivity contribution in [1.29, 1.82) is 0 Å². The first-order valence-electron chi connectivity index (χ1n) is 7.56. The molecule has 0 fully saturated rings. The third kappa shape index (κ3) is 4.42. The van der Waals surface area contributed by atoms with Gasteiger partial charge in [0.1, 0.15) is 0 Å². The molecular formula is C19H26N2. The van der Waals surface area contributed by atoms with Crippen molar-refractivity contribution in [3.63, 3.8) is 0 Å². The Hall–Kier alpha value is -1.64. The van der Waals surface area contributed by atoms with Crippen LogP contribution in [0.1, 0.15) is 28.3 Å². The van der Waals surface area contributed by atoms with Gasteiger partial charge in [-0.1, -0.05) is 48.5 Å². The van der Waals surface area contributed by atoms with Crippen molar-refractivity contribution < 1.29 is 0 Å². The molecule has 0 aromatic heterocycles. The van der Waals surface area contributed by atoms with Gasteiger partial charge in [0.25, 0.3) is 0 Å². The molecule has 0 aliphatic carbocycles. The van der Waals surface area contributed by atoms with Crippen LogP contribution in [0, 0.1) is 13.8 Å². The van der Waals surface area contributed by atoms with Crippen LogP contribution in [-0.4, -0.2) is 25.5 Å². The number of nitrogens with one attached hydrogen (secondary N) is 1. The van der Waals surface area contributed by atoms with Gasteiger partial charge in [0.2, 0.25) is 0 Å². The Bertz CT molecular complexity index is 561. The Kier molecular flexibility index (Phi) is 5.54. The summed E-state index contributed by atoms with van der Waals surface area (Å²) in [7, 11) is 4.27. The molecule has 0 saturated heterocycles. The van der Waals surface area contributed by atoms with Crippen molar-refractivity contribution >= 4 is 0 Å². The Morgan fingerprint density at radius 1 is 0.952 bits per heavy atom. The summed E-state index contributed by atoms with van der Waals surface area (Å²) in [5.74, 6) is 0. The van der Waals surface area contributed by atoms with E-state index in [4.69, 9.17) is 0 Å². The Morgan fingerprint density at radius 2 is 1.67 bits per heavy atom. The molecule has 2 nitrogen and oxygen atoms in total. The monoisotopic (exact) mass is 282 g/mol. The minimum absolute atomic E-state index is 0.401. The summed E-state index contributed by atoms with van der Waals surface area (Å²) in [6.45, 7) is 6.19. The first-order chi connectivity index (χ1) is 10.1. The van der Waals surface area contributed by atoms with Gasteiger partial charge in [-0.15, -0.1) is 0 Å². The number of hydrogen-bond donors (Lipinski definition) is 1. The number of benzene rings is 2. The van der Waals surface area contributed by atoms with Gasteiger partial charge >= 0.3 is 0 Å². The maximum absolute atomic E-state index is 3.59. The van der Waals surface area contributed by atoms with Gasteiger partial charge < -0.3 is 10.2 Å². The van der Waals surface area contributed by atoms with E-state index in [2.05, 4.69) is 86.7 Å². The second-order valence-electron chi connectivity index (χ2n) is 5.94. The second kappa shape index (κ2) is 7.39. The Morgan fingerprint density at radius 3 is 2.29 bits per heavy atom. The lowest BCUT2D eigenvalue weighted by Gasteiger charge is -2.25. The highest BCUT2D eigenvalue weighted by atomic mass is 15.1. The second-order valence-corrected chi connectivity index (χ2v) is 5.94. The number of likely N-dealkylation sites (N-methyl/N-ethyl adjacent to an activating group) is 1. The van der Waals surface area contributed by atoms with E-state index in [1.54, 1.807) is 0 Å². The molecule has 0 spiro atoms. The molecule has 0 bridgehead atoms. The van der Waals surface area contributed by atoms with E-state index in [9.17, 15) is 0 Å². The largest absolute Gasteiger partial charge is 0.311 e. The fourth-order valence-corrected chi connectivity index (χ4v) is 2.54. The molecule has 1 unspecified atom stereocenters. The maximum Gasteiger partial charge on any atom is 0.0466 e. The summed E-state index contributed by atoms with van der Waals surface area (Å²) in [5, 5.41) is 3.59. The molecule has 1 N–H and O–H groups in total. The van der Waals surface area contributed by atoms with Crippen molar-refractivity contribution in [1.82, 2.24) is 10.2 Å². The van der Waals surface area contributed by atoms with Crippen LogP contribution in [0.3, 0.4) is 0 Å². The average Bonchev–Trinajstić information content (AvgIpc) is 2.48. The Labute approximate surface area is 128 Å². The molecule has 2 rings (SSSR count). The van der Waals surface area contributed by atoms with Crippen LogP contribution in [0.2, 0.25) is 0 Å². The third-order valence-corrected chi connectivity index (χ3v) is 4.05. The van der Waals surface area contributed by atoms with E-state index in [0.29, 0.717) is 6.04 Å². The van der Waals surface area contributed by atoms with Gasteiger partial charge in [-0.25, -0.2) is 0 Å². The van der Waals surface area contributed by atoms with Crippen molar-refractivity contribution in [3.8, 4) is 0 Å². The van der Waals surface area contributed by atoms with Crippen molar-refractivity contribution in [2.45, 2.75) is 26.4 Å². The van der Waals surface area contributed by atoms with E-state index in [1.165, 1.54) is 22.3 Å². The first-order valence-corrected chi connectivity index (χ1v) is 7.56. The van der Waals surface area contributed by atoms with Crippen LogP contribution in [0.15, 0.2) is 48.5 Å². The van der Waals surface area contributed by atoms with E-state index in [1.807, 2.05) is 0 Å². The van der Waals surface area contributed by atoms with Crippen LogP contribution < -0.4 is 5.32 Å². The van der Waals surface area contributed by atoms with Gasteiger partial charge in [-0.05, 0) is 50.2 Å². The minimum Gasteiger partial charge on any atom is -0.311 e. The smallest absolute Gasteiger partial charge is 0.0466 e. The van der Waals surface area contributed by atoms with Crippen molar-refractivity contribution in [3.05, 3.63) is 70.8 Å². The summed E-state index contributed by atoms with van der Waals surface area (Å²) >= 11 is 0. The highest BCUT2D eigenvalue weighted by Gasteiger charge is 2.12. The lowest BCUT2D eigenvalue weighted by atomic mass is 10.0. The number of hydrogen-bond acceptors (Lipinski definition) is 2. The van der Waals surface area contributed by atoms with Gasteiger partial charge in [-0.2, -0.15) is 0 Å². The standard InChI is InChI=1S/C19H26N2/c1-15-10-11-17(12-16(15)2)13-20-14-19(21(3)4)18-8-6-5-7-9-18/h5-12,19-20H,13-14H2,1-4H3. The van der Waals surface area contributed by atoms with Gasteiger partial charge in [-0.3, -0.25) is 0 Å². The normalized spacial score (nSPS) is 12.6.